The Morgan fingerprint density at radius 1 is 1.00 bits per heavy atom. The van der Waals surface area contributed by atoms with E-state index in [1.807, 2.05) is 46.4 Å². The Balaban J connectivity index is 0.00000480. The van der Waals surface area contributed by atoms with Gasteiger partial charge in [-0.15, -0.1) is 24.0 Å². The Bertz CT molecular complexity index is 630. The maximum Gasteiger partial charge on any atom is 0.410 e. The number of piperidine rings is 1. The van der Waals surface area contributed by atoms with Crippen LogP contribution in [0.2, 0.25) is 0 Å². The molecule has 0 aromatic carbocycles. The van der Waals surface area contributed by atoms with Gasteiger partial charge >= 0.3 is 12.1 Å². The van der Waals surface area contributed by atoms with Gasteiger partial charge in [0.1, 0.15) is 17.7 Å². The van der Waals surface area contributed by atoms with Crippen molar-refractivity contribution >= 4 is 42.0 Å². The molecule has 2 fully saturated rings. The van der Waals surface area contributed by atoms with Crippen molar-refractivity contribution in [3.8, 4) is 0 Å². The molecule has 2 rings (SSSR count). The minimum absolute atomic E-state index is 0. The Morgan fingerprint density at radius 2 is 1.55 bits per heavy atom. The van der Waals surface area contributed by atoms with Crippen molar-refractivity contribution < 1.29 is 19.1 Å². The van der Waals surface area contributed by atoms with Crippen molar-refractivity contribution in [1.29, 1.82) is 0 Å². The summed E-state index contributed by atoms with van der Waals surface area (Å²) in [4.78, 5) is 33.2. The average Bonchev–Trinajstić information content (AvgIpc) is 3.42. The third kappa shape index (κ3) is 10.3. The Labute approximate surface area is 204 Å². The van der Waals surface area contributed by atoms with Crippen LogP contribution in [0.15, 0.2) is 4.99 Å². The number of esters is 1. The predicted molar refractivity (Wildman–Crippen MR) is 133 cm³/mol. The van der Waals surface area contributed by atoms with Gasteiger partial charge in [-0.25, -0.2) is 4.79 Å². The van der Waals surface area contributed by atoms with E-state index >= 15 is 0 Å². The van der Waals surface area contributed by atoms with Gasteiger partial charge in [0.05, 0.1) is 0 Å². The lowest BCUT2D eigenvalue weighted by Gasteiger charge is -2.40. The molecular weight excluding hydrogens is 511 g/mol. The molecule has 0 radical (unpaired) electrons. The van der Waals surface area contributed by atoms with Crippen molar-refractivity contribution in [1.82, 2.24) is 15.1 Å². The first-order chi connectivity index (χ1) is 13.9. The number of rotatable bonds is 5. The monoisotopic (exact) mass is 552 g/mol. The van der Waals surface area contributed by atoms with Crippen molar-refractivity contribution in [3.05, 3.63) is 0 Å². The highest BCUT2D eigenvalue weighted by Gasteiger charge is 2.35. The molecule has 8 nitrogen and oxygen atoms in total. The minimum atomic E-state index is -0.507. The van der Waals surface area contributed by atoms with Crippen molar-refractivity contribution in [2.75, 3.05) is 33.2 Å². The lowest BCUT2D eigenvalue weighted by Crippen LogP contribution is -2.53. The van der Waals surface area contributed by atoms with Crippen LogP contribution in [0, 0.1) is 5.92 Å². The summed E-state index contributed by atoms with van der Waals surface area (Å²) in [7, 11) is 1.71. The van der Waals surface area contributed by atoms with E-state index < -0.39 is 11.2 Å². The highest BCUT2D eigenvalue weighted by molar-refractivity contribution is 14.0. The molecule has 1 amide bonds. The van der Waals surface area contributed by atoms with E-state index in [-0.39, 0.29) is 48.6 Å². The van der Waals surface area contributed by atoms with Gasteiger partial charge in [0, 0.05) is 32.7 Å². The van der Waals surface area contributed by atoms with E-state index in [4.69, 9.17) is 9.47 Å². The molecule has 31 heavy (non-hydrogen) atoms. The fourth-order valence-electron chi connectivity index (χ4n) is 3.52. The van der Waals surface area contributed by atoms with Crippen LogP contribution < -0.4 is 5.32 Å². The molecule has 9 heteroatoms. The number of hydrogen-bond acceptors (Lipinski definition) is 5. The second-order valence-corrected chi connectivity index (χ2v) is 10.3. The van der Waals surface area contributed by atoms with E-state index in [0.717, 1.165) is 32.5 Å². The Kier molecular flexibility index (Phi) is 10.4. The van der Waals surface area contributed by atoms with Gasteiger partial charge in [0.15, 0.2) is 5.96 Å². The van der Waals surface area contributed by atoms with Gasteiger partial charge in [0.25, 0.3) is 0 Å². The molecule has 0 atom stereocenters. The SMILES string of the molecule is CN=C(NCC(=O)OC(C)(C)C)N1CCC(N(CC2CC2)C(=O)OC(C)(C)C)CC1.I. The summed E-state index contributed by atoms with van der Waals surface area (Å²) in [5.74, 6) is 0.989. The molecule has 2 aliphatic rings. The molecule has 0 aromatic rings. The first-order valence-corrected chi connectivity index (χ1v) is 11.0. The molecule has 1 aliphatic heterocycles. The van der Waals surface area contributed by atoms with Crippen molar-refractivity contribution in [2.24, 2.45) is 10.9 Å². The van der Waals surface area contributed by atoms with Crippen LogP contribution in [0.25, 0.3) is 0 Å². The summed E-state index contributed by atoms with van der Waals surface area (Å²) in [6.07, 6.45) is 3.87. The molecular formula is C22H41IN4O4. The average molecular weight is 552 g/mol. The molecule has 1 saturated carbocycles. The fraction of sp³-hybridized carbons (Fsp3) is 0.864. The van der Waals surface area contributed by atoms with Crippen molar-refractivity contribution in [2.45, 2.75) is 84.5 Å². The van der Waals surface area contributed by atoms with Crippen LogP contribution in [-0.2, 0) is 14.3 Å². The van der Waals surface area contributed by atoms with E-state index in [9.17, 15) is 9.59 Å². The number of carbonyl (C=O) groups excluding carboxylic acids is 2. The van der Waals surface area contributed by atoms with Gasteiger partial charge in [-0.1, -0.05) is 0 Å². The minimum Gasteiger partial charge on any atom is -0.459 e. The number of nitrogens with one attached hydrogen (secondary N) is 1. The molecule has 0 bridgehead atoms. The molecule has 180 valence electrons. The zero-order valence-electron chi connectivity index (χ0n) is 20.2. The number of ether oxygens (including phenoxy) is 2. The van der Waals surface area contributed by atoms with E-state index in [1.165, 1.54) is 12.8 Å². The number of nitrogens with zero attached hydrogens (tertiary/aromatic N) is 3. The summed E-state index contributed by atoms with van der Waals surface area (Å²) in [5, 5.41) is 3.10. The first-order valence-electron chi connectivity index (χ1n) is 11.0. The summed E-state index contributed by atoms with van der Waals surface area (Å²) >= 11 is 0. The maximum absolute atomic E-state index is 12.8. The van der Waals surface area contributed by atoms with Gasteiger partial charge in [0.2, 0.25) is 0 Å². The molecule has 0 aromatic heterocycles. The first kappa shape index (κ1) is 27.8. The molecule has 1 saturated heterocycles. The summed E-state index contributed by atoms with van der Waals surface area (Å²) in [5.41, 5.74) is -0.999. The molecule has 0 spiro atoms. The normalized spacial score (nSPS) is 18.2. The molecule has 1 aliphatic carbocycles. The highest BCUT2D eigenvalue weighted by atomic mass is 127. The number of carbonyl (C=O) groups is 2. The number of guanidine groups is 1. The number of aliphatic imine (C=N–C) groups is 1. The lowest BCUT2D eigenvalue weighted by atomic mass is 10.0. The van der Waals surface area contributed by atoms with Crippen LogP contribution in [0.3, 0.4) is 0 Å². The van der Waals surface area contributed by atoms with Crippen LogP contribution in [-0.4, -0.2) is 78.3 Å². The highest BCUT2D eigenvalue weighted by Crippen LogP contribution is 2.32. The van der Waals surface area contributed by atoms with E-state index in [1.54, 1.807) is 7.05 Å². The second kappa shape index (κ2) is 11.6. The van der Waals surface area contributed by atoms with E-state index in [0.29, 0.717) is 11.9 Å². The smallest absolute Gasteiger partial charge is 0.410 e. The van der Waals surface area contributed by atoms with Gasteiger partial charge in [-0.05, 0) is 73.1 Å². The molecule has 1 heterocycles. The Hall–Kier alpha value is -1.26. The van der Waals surface area contributed by atoms with Crippen LogP contribution in [0.1, 0.15) is 67.2 Å². The van der Waals surface area contributed by atoms with E-state index in [2.05, 4.69) is 15.2 Å². The number of halogens is 1. The van der Waals surface area contributed by atoms with Crippen LogP contribution >= 0.6 is 24.0 Å². The van der Waals surface area contributed by atoms with Crippen LogP contribution in [0.4, 0.5) is 4.79 Å². The number of hydrogen-bond donors (Lipinski definition) is 1. The summed E-state index contributed by atoms with van der Waals surface area (Å²) in [6, 6.07) is 0.167. The van der Waals surface area contributed by atoms with Crippen molar-refractivity contribution in [3.63, 3.8) is 0 Å². The fourth-order valence-corrected chi connectivity index (χ4v) is 3.52. The van der Waals surface area contributed by atoms with Gasteiger partial charge in [-0.3, -0.25) is 9.79 Å². The third-order valence-corrected chi connectivity index (χ3v) is 5.01. The summed E-state index contributed by atoms with van der Waals surface area (Å²) in [6.45, 7) is 13.7. The number of amides is 1. The third-order valence-electron chi connectivity index (χ3n) is 5.01. The lowest BCUT2D eigenvalue weighted by molar-refractivity contribution is -0.153. The summed E-state index contributed by atoms with van der Waals surface area (Å²) < 4.78 is 11.0. The maximum atomic E-state index is 12.8. The zero-order valence-corrected chi connectivity index (χ0v) is 22.5. The number of likely N-dealkylation sites (tertiary alicyclic amines) is 1. The topological polar surface area (TPSA) is 83.5 Å². The molecule has 0 unspecified atom stereocenters. The largest absolute Gasteiger partial charge is 0.459 e. The van der Waals surface area contributed by atoms with Crippen LogP contribution in [0.5, 0.6) is 0 Å². The quantitative estimate of drug-likeness (QED) is 0.243. The standard InChI is InChI=1S/C22H40N4O4.HI/c1-21(2,3)29-18(27)14-24-19(23-7)25-12-10-17(11-13-25)26(15-16-8-9-16)20(28)30-22(4,5)6;/h16-17H,8-15H2,1-7H3,(H,23,24);1H. The molecule has 1 N–H and O–H groups in total. The zero-order chi connectivity index (χ0) is 22.5. The predicted octanol–water partition coefficient (Wildman–Crippen LogP) is 3.63. The second-order valence-electron chi connectivity index (χ2n) is 10.3. The van der Waals surface area contributed by atoms with Gasteiger partial charge < -0.3 is 24.6 Å². The Morgan fingerprint density at radius 3 is 2.00 bits per heavy atom. The van der Waals surface area contributed by atoms with Gasteiger partial charge in [-0.2, -0.15) is 0 Å².